The van der Waals surface area contributed by atoms with Gasteiger partial charge in [-0.1, -0.05) is 0 Å². The van der Waals surface area contributed by atoms with E-state index in [0.29, 0.717) is 12.6 Å². The summed E-state index contributed by atoms with van der Waals surface area (Å²) in [5, 5.41) is 3.18. The SMILES string of the molecule is CCOc1ccc(N2C(=O)CN=C2Nc2ccc(OC)cc2)cc1. The van der Waals surface area contributed by atoms with E-state index in [4.69, 9.17) is 9.47 Å². The third-order valence-electron chi connectivity index (χ3n) is 3.58. The molecule has 0 bridgehead atoms. The lowest BCUT2D eigenvalue weighted by atomic mass is 10.2. The van der Waals surface area contributed by atoms with Gasteiger partial charge in [0.05, 0.1) is 19.4 Å². The molecule has 1 amide bonds. The van der Waals surface area contributed by atoms with Gasteiger partial charge in [-0.05, 0) is 55.5 Å². The Balaban J connectivity index is 1.78. The van der Waals surface area contributed by atoms with E-state index < -0.39 is 0 Å². The van der Waals surface area contributed by atoms with E-state index in [1.807, 2.05) is 55.5 Å². The zero-order valence-corrected chi connectivity index (χ0v) is 13.7. The highest BCUT2D eigenvalue weighted by atomic mass is 16.5. The minimum atomic E-state index is -0.0739. The van der Waals surface area contributed by atoms with Gasteiger partial charge >= 0.3 is 0 Å². The highest BCUT2D eigenvalue weighted by Crippen LogP contribution is 2.23. The van der Waals surface area contributed by atoms with Crippen LogP contribution in [-0.4, -0.2) is 32.1 Å². The minimum absolute atomic E-state index is 0.0739. The number of rotatable bonds is 5. The first-order valence-electron chi connectivity index (χ1n) is 7.72. The van der Waals surface area contributed by atoms with Crippen LogP contribution in [0.4, 0.5) is 11.4 Å². The first-order valence-corrected chi connectivity index (χ1v) is 7.72. The van der Waals surface area contributed by atoms with E-state index in [1.165, 1.54) is 0 Å². The summed E-state index contributed by atoms with van der Waals surface area (Å²) in [5.41, 5.74) is 1.58. The summed E-state index contributed by atoms with van der Waals surface area (Å²) in [4.78, 5) is 18.1. The molecule has 2 aromatic carbocycles. The Hall–Kier alpha value is -3.02. The number of amides is 1. The Morgan fingerprint density at radius 3 is 2.38 bits per heavy atom. The molecule has 1 N–H and O–H groups in total. The fourth-order valence-electron chi connectivity index (χ4n) is 2.43. The van der Waals surface area contributed by atoms with Crippen molar-refractivity contribution in [3.05, 3.63) is 48.5 Å². The normalized spacial score (nSPS) is 13.7. The number of ether oxygens (including phenoxy) is 2. The van der Waals surface area contributed by atoms with Gasteiger partial charge in [-0.15, -0.1) is 0 Å². The number of nitrogens with one attached hydrogen (secondary N) is 1. The zero-order chi connectivity index (χ0) is 16.9. The average molecular weight is 325 g/mol. The molecule has 6 heteroatoms. The molecule has 0 saturated carbocycles. The van der Waals surface area contributed by atoms with E-state index in [9.17, 15) is 4.79 Å². The van der Waals surface area contributed by atoms with Gasteiger partial charge in [-0.2, -0.15) is 0 Å². The number of hydrogen-bond donors (Lipinski definition) is 1. The topological polar surface area (TPSA) is 63.2 Å². The second-order valence-electron chi connectivity index (χ2n) is 5.15. The molecule has 2 aromatic rings. The van der Waals surface area contributed by atoms with Crippen LogP contribution in [0.1, 0.15) is 6.92 Å². The average Bonchev–Trinajstić information content (AvgIpc) is 2.97. The van der Waals surface area contributed by atoms with Crippen molar-refractivity contribution in [2.45, 2.75) is 6.92 Å². The van der Waals surface area contributed by atoms with Gasteiger partial charge in [0.25, 0.3) is 5.91 Å². The highest BCUT2D eigenvalue weighted by molar-refractivity contribution is 6.24. The molecule has 124 valence electrons. The molecule has 1 aliphatic rings. The maximum absolute atomic E-state index is 12.2. The molecule has 1 aliphatic heterocycles. The summed E-state index contributed by atoms with van der Waals surface area (Å²) in [7, 11) is 1.62. The largest absolute Gasteiger partial charge is 0.497 e. The second kappa shape index (κ2) is 7.04. The molecule has 6 nitrogen and oxygen atoms in total. The zero-order valence-electron chi connectivity index (χ0n) is 13.7. The molecule has 0 fully saturated rings. The van der Waals surface area contributed by atoms with Gasteiger partial charge in [0.1, 0.15) is 18.0 Å². The number of guanidine groups is 1. The molecular weight excluding hydrogens is 306 g/mol. The van der Waals surface area contributed by atoms with Gasteiger partial charge in [0, 0.05) is 5.69 Å². The molecule has 24 heavy (non-hydrogen) atoms. The van der Waals surface area contributed by atoms with Crippen LogP contribution in [0.15, 0.2) is 53.5 Å². The van der Waals surface area contributed by atoms with Crippen molar-refractivity contribution in [3.63, 3.8) is 0 Å². The van der Waals surface area contributed by atoms with Gasteiger partial charge in [-0.25, -0.2) is 9.89 Å². The Morgan fingerprint density at radius 2 is 1.75 bits per heavy atom. The number of anilines is 2. The number of nitrogens with zero attached hydrogens (tertiary/aromatic N) is 2. The van der Waals surface area contributed by atoms with E-state index in [0.717, 1.165) is 22.9 Å². The Kier molecular flexibility index (Phi) is 4.65. The molecule has 0 atom stereocenters. The molecule has 3 rings (SSSR count). The van der Waals surface area contributed by atoms with Gasteiger partial charge in [0.15, 0.2) is 0 Å². The minimum Gasteiger partial charge on any atom is -0.497 e. The Bertz CT molecular complexity index is 739. The van der Waals surface area contributed by atoms with Gasteiger partial charge in [-0.3, -0.25) is 4.79 Å². The molecule has 0 saturated heterocycles. The first kappa shape index (κ1) is 15.9. The van der Waals surface area contributed by atoms with Crippen LogP contribution in [0.25, 0.3) is 0 Å². The predicted molar refractivity (Wildman–Crippen MR) is 94.0 cm³/mol. The number of aliphatic imine (C=N–C) groups is 1. The summed E-state index contributed by atoms with van der Waals surface area (Å²) in [6.07, 6.45) is 0. The maximum atomic E-state index is 12.2. The molecule has 1 heterocycles. The third-order valence-corrected chi connectivity index (χ3v) is 3.58. The summed E-state index contributed by atoms with van der Waals surface area (Å²) < 4.78 is 10.6. The van der Waals surface area contributed by atoms with Crippen LogP contribution in [0.5, 0.6) is 11.5 Å². The van der Waals surface area contributed by atoms with E-state index in [1.54, 1.807) is 12.0 Å². The van der Waals surface area contributed by atoms with Crippen LogP contribution < -0.4 is 19.7 Å². The van der Waals surface area contributed by atoms with Crippen molar-refractivity contribution in [1.82, 2.24) is 0 Å². The van der Waals surface area contributed by atoms with E-state index >= 15 is 0 Å². The summed E-state index contributed by atoms with van der Waals surface area (Å²) in [6.45, 7) is 2.67. The number of methoxy groups -OCH3 is 1. The Morgan fingerprint density at radius 1 is 1.08 bits per heavy atom. The van der Waals surface area contributed by atoms with Crippen molar-refractivity contribution >= 4 is 23.2 Å². The molecule has 0 aliphatic carbocycles. The monoisotopic (exact) mass is 325 g/mol. The number of benzene rings is 2. The van der Waals surface area contributed by atoms with Crippen LogP contribution in [0, 0.1) is 0 Å². The summed E-state index contributed by atoms with van der Waals surface area (Å²) in [5.74, 6) is 1.98. The fraction of sp³-hybridized carbons (Fsp3) is 0.222. The molecule has 0 spiro atoms. The number of carbonyl (C=O) groups excluding carboxylic acids is 1. The van der Waals surface area contributed by atoms with Crippen molar-refractivity contribution in [2.75, 3.05) is 30.5 Å². The smallest absolute Gasteiger partial charge is 0.255 e. The second-order valence-corrected chi connectivity index (χ2v) is 5.15. The van der Waals surface area contributed by atoms with Crippen LogP contribution in [0.3, 0.4) is 0 Å². The first-order chi connectivity index (χ1) is 11.7. The van der Waals surface area contributed by atoms with Crippen LogP contribution in [0.2, 0.25) is 0 Å². The molecular formula is C18H19N3O3. The maximum Gasteiger partial charge on any atom is 0.255 e. The summed E-state index contributed by atoms with van der Waals surface area (Å²) in [6, 6.07) is 14.8. The summed E-state index contributed by atoms with van der Waals surface area (Å²) >= 11 is 0. The lowest BCUT2D eigenvalue weighted by Gasteiger charge is -2.20. The molecule has 0 aromatic heterocycles. The molecule has 0 radical (unpaired) electrons. The Labute approximate surface area is 140 Å². The van der Waals surface area contributed by atoms with Crippen LogP contribution >= 0.6 is 0 Å². The fourth-order valence-corrected chi connectivity index (χ4v) is 2.43. The van der Waals surface area contributed by atoms with Gasteiger partial charge in [0.2, 0.25) is 5.96 Å². The van der Waals surface area contributed by atoms with Crippen molar-refractivity contribution in [2.24, 2.45) is 4.99 Å². The molecule has 0 unspecified atom stereocenters. The van der Waals surface area contributed by atoms with E-state index in [-0.39, 0.29) is 12.5 Å². The number of hydrogen-bond acceptors (Lipinski definition) is 5. The lowest BCUT2D eigenvalue weighted by molar-refractivity contribution is -0.115. The van der Waals surface area contributed by atoms with Crippen molar-refractivity contribution < 1.29 is 14.3 Å². The highest BCUT2D eigenvalue weighted by Gasteiger charge is 2.27. The van der Waals surface area contributed by atoms with E-state index in [2.05, 4.69) is 10.3 Å². The van der Waals surface area contributed by atoms with Gasteiger partial charge < -0.3 is 14.8 Å². The quantitative estimate of drug-likeness (QED) is 0.918. The van der Waals surface area contributed by atoms with Crippen LogP contribution in [-0.2, 0) is 4.79 Å². The predicted octanol–water partition coefficient (Wildman–Crippen LogP) is 2.91. The third kappa shape index (κ3) is 3.32. The van der Waals surface area contributed by atoms with Crippen molar-refractivity contribution in [1.29, 1.82) is 0 Å². The lowest BCUT2D eigenvalue weighted by Crippen LogP contribution is -2.36. The van der Waals surface area contributed by atoms with Crippen molar-refractivity contribution in [3.8, 4) is 11.5 Å². The number of carbonyl (C=O) groups is 1. The standard InChI is InChI=1S/C18H19N3O3/c1-3-24-16-10-6-14(7-11-16)21-17(22)12-19-18(21)20-13-4-8-15(23-2)9-5-13/h4-11H,3,12H2,1-2H3,(H,19,20).